The molecule has 3 rings (SSSR count). The molecule has 0 bridgehead atoms. The van der Waals surface area contributed by atoms with E-state index < -0.39 is 0 Å². The van der Waals surface area contributed by atoms with Crippen molar-refractivity contribution in [3.05, 3.63) is 30.0 Å². The Morgan fingerprint density at radius 3 is 3.21 bits per heavy atom. The van der Waals surface area contributed by atoms with Crippen LogP contribution >= 0.6 is 11.3 Å². The van der Waals surface area contributed by atoms with Gasteiger partial charge in [-0.3, -0.25) is 4.79 Å². The molecule has 2 N–H and O–H groups in total. The Labute approximate surface area is 115 Å². The van der Waals surface area contributed by atoms with Gasteiger partial charge >= 0.3 is 0 Å². The minimum absolute atomic E-state index is 0.0711. The van der Waals surface area contributed by atoms with Gasteiger partial charge in [0.1, 0.15) is 0 Å². The molecule has 2 heterocycles. The molecule has 0 fully saturated rings. The number of nitrogens with zero attached hydrogens (tertiary/aromatic N) is 1. The SMILES string of the molecule is CCCNc1ncc(-c2ccc3c(c2)CC(=O)N3)s1. The minimum atomic E-state index is 0.0711. The number of aromatic nitrogens is 1. The van der Waals surface area contributed by atoms with Crippen molar-refractivity contribution in [1.82, 2.24) is 4.98 Å². The average Bonchev–Trinajstić information content (AvgIpc) is 3.00. The number of amides is 1. The van der Waals surface area contributed by atoms with Crippen molar-refractivity contribution >= 4 is 28.1 Å². The molecule has 0 saturated carbocycles. The van der Waals surface area contributed by atoms with Crippen LogP contribution in [0.1, 0.15) is 18.9 Å². The van der Waals surface area contributed by atoms with Gasteiger partial charge in [0, 0.05) is 18.4 Å². The first-order valence-corrected chi connectivity index (χ1v) is 7.21. The predicted molar refractivity (Wildman–Crippen MR) is 78.7 cm³/mol. The van der Waals surface area contributed by atoms with Crippen molar-refractivity contribution in [2.75, 3.05) is 17.2 Å². The zero-order chi connectivity index (χ0) is 13.2. The standard InChI is InChI=1S/C14H15N3OS/c1-2-5-15-14-16-8-12(19-14)9-3-4-11-10(6-9)7-13(18)17-11/h3-4,6,8H,2,5,7H2,1H3,(H,15,16)(H,17,18). The van der Waals surface area contributed by atoms with Gasteiger partial charge in [-0.05, 0) is 29.7 Å². The number of anilines is 2. The summed E-state index contributed by atoms with van der Waals surface area (Å²) in [7, 11) is 0. The van der Waals surface area contributed by atoms with Gasteiger partial charge in [-0.2, -0.15) is 0 Å². The summed E-state index contributed by atoms with van der Waals surface area (Å²) < 4.78 is 0. The first-order valence-electron chi connectivity index (χ1n) is 6.39. The summed E-state index contributed by atoms with van der Waals surface area (Å²) in [6, 6.07) is 6.07. The number of carbonyl (C=O) groups excluding carboxylic acids is 1. The summed E-state index contributed by atoms with van der Waals surface area (Å²) in [5, 5.41) is 7.08. The van der Waals surface area contributed by atoms with Crippen LogP contribution in [0.4, 0.5) is 10.8 Å². The monoisotopic (exact) mass is 273 g/mol. The Hall–Kier alpha value is -1.88. The van der Waals surface area contributed by atoms with Crippen molar-refractivity contribution in [2.45, 2.75) is 19.8 Å². The van der Waals surface area contributed by atoms with Crippen LogP contribution in [0.5, 0.6) is 0 Å². The van der Waals surface area contributed by atoms with Crippen LogP contribution in [0, 0.1) is 0 Å². The third-order valence-electron chi connectivity index (χ3n) is 3.05. The van der Waals surface area contributed by atoms with Crippen molar-refractivity contribution in [3.63, 3.8) is 0 Å². The molecule has 0 atom stereocenters. The molecule has 0 aliphatic carbocycles. The van der Waals surface area contributed by atoms with Gasteiger partial charge in [0.05, 0.1) is 11.3 Å². The third-order valence-corrected chi connectivity index (χ3v) is 4.05. The lowest BCUT2D eigenvalue weighted by Gasteiger charge is -2.01. The quantitative estimate of drug-likeness (QED) is 0.900. The second kappa shape index (κ2) is 5.01. The van der Waals surface area contributed by atoms with Crippen molar-refractivity contribution < 1.29 is 4.79 Å². The molecule has 0 saturated heterocycles. The summed E-state index contributed by atoms with van der Waals surface area (Å²) in [4.78, 5) is 16.8. The summed E-state index contributed by atoms with van der Waals surface area (Å²) in [6.07, 6.45) is 3.44. The van der Waals surface area contributed by atoms with Gasteiger partial charge in [-0.1, -0.05) is 24.3 Å². The van der Waals surface area contributed by atoms with E-state index in [1.807, 2.05) is 18.3 Å². The first-order chi connectivity index (χ1) is 9.26. The van der Waals surface area contributed by atoms with Crippen molar-refractivity contribution in [1.29, 1.82) is 0 Å². The fourth-order valence-electron chi connectivity index (χ4n) is 2.10. The zero-order valence-corrected chi connectivity index (χ0v) is 11.5. The smallest absolute Gasteiger partial charge is 0.228 e. The number of thiazole rings is 1. The molecule has 5 heteroatoms. The lowest BCUT2D eigenvalue weighted by molar-refractivity contribution is -0.115. The van der Waals surface area contributed by atoms with Gasteiger partial charge in [-0.25, -0.2) is 4.98 Å². The molecule has 4 nitrogen and oxygen atoms in total. The van der Waals surface area contributed by atoms with E-state index in [0.717, 1.165) is 39.8 Å². The second-order valence-corrected chi connectivity index (χ2v) is 5.58. The molecule has 1 aromatic carbocycles. The Kier molecular flexibility index (Phi) is 3.21. The number of rotatable bonds is 4. The van der Waals surface area contributed by atoms with Gasteiger partial charge in [0.25, 0.3) is 0 Å². The fraction of sp³-hybridized carbons (Fsp3) is 0.286. The van der Waals surface area contributed by atoms with Crippen LogP contribution in [0.25, 0.3) is 10.4 Å². The number of fused-ring (bicyclic) bond motifs is 1. The highest BCUT2D eigenvalue weighted by Gasteiger charge is 2.18. The van der Waals surface area contributed by atoms with Crippen LogP contribution in [-0.4, -0.2) is 17.4 Å². The number of benzene rings is 1. The normalized spacial score (nSPS) is 13.2. The third kappa shape index (κ3) is 2.46. The van der Waals surface area contributed by atoms with E-state index in [2.05, 4.69) is 28.6 Å². The van der Waals surface area contributed by atoms with Crippen molar-refractivity contribution in [3.8, 4) is 10.4 Å². The Morgan fingerprint density at radius 1 is 1.47 bits per heavy atom. The molecule has 19 heavy (non-hydrogen) atoms. The molecule has 0 radical (unpaired) electrons. The van der Waals surface area contributed by atoms with Gasteiger partial charge in [-0.15, -0.1) is 0 Å². The molecular weight excluding hydrogens is 258 g/mol. The van der Waals surface area contributed by atoms with Gasteiger partial charge < -0.3 is 10.6 Å². The summed E-state index contributed by atoms with van der Waals surface area (Å²) in [6.45, 7) is 3.07. The number of carbonyl (C=O) groups is 1. The summed E-state index contributed by atoms with van der Waals surface area (Å²) in [5.41, 5.74) is 3.12. The molecule has 0 spiro atoms. The molecular formula is C14H15N3OS. The van der Waals surface area contributed by atoms with Crippen LogP contribution < -0.4 is 10.6 Å². The van der Waals surface area contributed by atoms with E-state index in [9.17, 15) is 4.79 Å². The largest absolute Gasteiger partial charge is 0.362 e. The van der Waals surface area contributed by atoms with Crippen molar-refractivity contribution in [2.24, 2.45) is 0 Å². The van der Waals surface area contributed by atoms with E-state index in [0.29, 0.717) is 6.42 Å². The average molecular weight is 273 g/mol. The van der Waals surface area contributed by atoms with Gasteiger partial charge in [0.15, 0.2) is 5.13 Å². The summed E-state index contributed by atoms with van der Waals surface area (Å²) in [5.74, 6) is 0.0711. The highest BCUT2D eigenvalue weighted by molar-refractivity contribution is 7.18. The number of nitrogens with one attached hydrogen (secondary N) is 2. The zero-order valence-electron chi connectivity index (χ0n) is 10.7. The molecule has 2 aromatic rings. The topological polar surface area (TPSA) is 54.0 Å². The molecule has 0 unspecified atom stereocenters. The summed E-state index contributed by atoms with van der Waals surface area (Å²) >= 11 is 1.64. The molecule has 1 amide bonds. The van der Waals surface area contributed by atoms with Crippen LogP contribution in [-0.2, 0) is 11.2 Å². The highest BCUT2D eigenvalue weighted by atomic mass is 32.1. The fourth-order valence-corrected chi connectivity index (χ4v) is 2.94. The molecule has 1 aliphatic rings. The highest BCUT2D eigenvalue weighted by Crippen LogP contribution is 2.33. The first kappa shape index (κ1) is 12.2. The van der Waals surface area contributed by atoms with E-state index in [1.165, 1.54) is 0 Å². The molecule has 1 aliphatic heterocycles. The van der Waals surface area contributed by atoms with E-state index in [-0.39, 0.29) is 5.91 Å². The Balaban J connectivity index is 1.84. The van der Waals surface area contributed by atoms with Gasteiger partial charge in [0.2, 0.25) is 5.91 Å². The molecule has 1 aromatic heterocycles. The minimum Gasteiger partial charge on any atom is -0.362 e. The second-order valence-electron chi connectivity index (χ2n) is 4.55. The maximum absolute atomic E-state index is 11.3. The van der Waals surface area contributed by atoms with Crippen LogP contribution in [0.2, 0.25) is 0 Å². The number of hydrogen-bond acceptors (Lipinski definition) is 4. The van der Waals surface area contributed by atoms with E-state index in [4.69, 9.17) is 0 Å². The Morgan fingerprint density at radius 2 is 2.37 bits per heavy atom. The lowest BCUT2D eigenvalue weighted by Crippen LogP contribution is -2.03. The van der Waals surface area contributed by atoms with Crippen LogP contribution in [0.15, 0.2) is 24.4 Å². The van der Waals surface area contributed by atoms with E-state index in [1.54, 1.807) is 11.3 Å². The van der Waals surface area contributed by atoms with Crippen LogP contribution in [0.3, 0.4) is 0 Å². The number of hydrogen-bond donors (Lipinski definition) is 2. The maximum atomic E-state index is 11.3. The predicted octanol–water partition coefficient (Wildman–Crippen LogP) is 3.13. The maximum Gasteiger partial charge on any atom is 0.228 e. The lowest BCUT2D eigenvalue weighted by atomic mass is 10.1. The molecule has 98 valence electrons. The Bertz CT molecular complexity index is 621. The van der Waals surface area contributed by atoms with E-state index >= 15 is 0 Å².